The van der Waals surface area contributed by atoms with E-state index in [2.05, 4.69) is 0 Å². The van der Waals surface area contributed by atoms with Gasteiger partial charge in [0, 0.05) is 18.2 Å². The number of carbonyl (C=O) groups is 1. The van der Waals surface area contributed by atoms with Gasteiger partial charge in [0.05, 0.1) is 6.54 Å². The first-order valence-electron chi connectivity index (χ1n) is 6.38. The van der Waals surface area contributed by atoms with Crippen LogP contribution in [-0.2, 0) is 4.79 Å². The summed E-state index contributed by atoms with van der Waals surface area (Å²) in [6.07, 6.45) is 2.16. The van der Waals surface area contributed by atoms with Gasteiger partial charge in [-0.3, -0.25) is 9.69 Å². The van der Waals surface area contributed by atoms with Crippen molar-refractivity contribution >= 4 is 5.97 Å². The summed E-state index contributed by atoms with van der Waals surface area (Å²) in [5, 5.41) is 8.93. The summed E-state index contributed by atoms with van der Waals surface area (Å²) in [6.45, 7) is 2.17. The molecule has 1 aromatic rings. The molecule has 19 heavy (non-hydrogen) atoms. The molecule has 3 nitrogen and oxygen atoms in total. The molecule has 1 N–H and O–H groups in total. The van der Waals surface area contributed by atoms with E-state index in [0.29, 0.717) is 12.5 Å². The van der Waals surface area contributed by atoms with Crippen molar-refractivity contribution < 1.29 is 18.7 Å². The van der Waals surface area contributed by atoms with Gasteiger partial charge < -0.3 is 5.11 Å². The van der Waals surface area contributed by atoms with Gasteiger partial charge in [-0.25, -0.2) is 8.78 Å². The molecule has 0 bridgehead atoms. The molecular weight excluding hydrogens is 252 g/mol. The molecule has 0 aromatic heterocycles. The van der Waals surface area contributed by atoms with E-state index < -0.39 is 23.6 Å². The lowest BCUT2D eigenvalue weighted by molar-refractivity contribution is -0.139. The second-order valence-electron chi connectivity index (χ2n) is 5.09. The van der Waals surface area contributed by atoms with E-state index in [4.69, 9.17) is 5.11 Å². The van der Waals surface area contributed by atoms with Gasteiger partial charge in [0.2, 0.25) is 0 Å². The summed E-state index contributed by atoms with van der Waals surface area (Å²) in [6, 6.07) is 3.56. The van der Waals surface area contributed by atoms with Gasteiger partial charge in [0.1, 0.15) is 0 Å². The minimum absolute atomic E-state index is 0.159. The fourth-order valence-electron chi connectivity index (χ4n) is 2.21. The SMILES string of the molecule is CC(c1cccc(F)c1F)N(CC(=O)O)CC1CC1. The quantitative estimate of drug-likeness (QED) is 0.863. The molecule has 0 heterocycles. The Kier molecular flexibility index (Phi) is 4.14. The Bertz CT molecular complexity index is 475. The largest absolute Gasteiger partial charge is 0.480 e. The van der Waals surface area contributed by atoms with Gasteiger partial charge in [-0.2, -0.15) is 0 Å². The van der Waals surface area contributed by atoms with Crippen molar-refractivity contribution in [2.24, 2.45) is 5.92 Å². The van der Waals surface area contributed by atoms with Crippen LogP contribution in [0.15, 0.2) is 18.2 Å². The number of rotatable bonds is 6. The van der Waals surface area contributed by atoms with Crippen molar-refractivity contribution in [3.63, 3.8) is 0 Å². The third-order valence-electron chi connectivity index (χ3n) is 3.51. The van der Waals surface area contributed by atoms with Crippen molar-refractivity contribution in [1.82, 2.24) is 4.90 Å². The van der Waals surface area contributed by atoms with Crippen LogP contribution in [0.3, 0.4) is 0 Å². The van der Waals surface area contributed by atoms with E-state index in [-0.39, 0.29) is 12.1 Å². The third-order valence-corrected chi connectivity index (χ3v) is 3.51. The standard InChI is InChI=1S/C14H17F2NO2/c1-9(11-3-2-4-12(15)14(11)16)17(8-13(18)19)7-10-5-6-10/h2-4,9-10H,5-8H2,1H3,(H,18,19). The van der Waals surface area contributed by atoms with E-state index in [0.717, 1.165) is 18.9 Å². The zero-order valence-electron chi connectivity index (χ0n) is 10.8. The highest BCUT2D eigenvalue weighted by Gasteiger charge is 2.29. The van der Waals surface area contributed by atoms with Crippen LogP contribution in [0.4, 0.5) is 8.78 Å². The normalized spacial score (nSPS) is 16.6. The molecule has 1 saturated carbocycles. The van der Waals surface area contributed by atoms with Crippen LogP contribution in [0.5, 0.6) is 0 Å². The Morgan fingerprint density at radius 1 is 1.47 bits per heavy atom. The highest BCUT2D eigenvalue weighted by Crippen LogP contribution is 2.33. The lowest BCUT2D eigenvalue weighted by Crippen LogP contribution is -2.34. The fourth-order valence-corrected chi connectivity index (χ4v) is 2.21. The second-order valence-corrected chi connectivity index (χ2v) is 5.09. The Hall–Kier alpha value is -1.49. The minimum Gasteiger partial charge on any atom is -0.480 e. The molecule has 1 atom stereocenters. The minimum atomic E-state index is -0.954. The van der Waals surface area contributed by atoms with Crippen molar-refractivity contribution in [2.45, 2.75) is 25.8 Å². The van der Waals surface area contributed by atoms with Gasteiger partial charge in [0.25, 0.3) is 0 Å². The molecule has 0 saturated heterocycles. The maximum Gasteiger partial charge on any atom is 0.317 e. The van der Waals surface area contributed by atoms with Crippen molar-refractivity contribution in [2.75, 3.05) is 13.1 Å². The van der Waals surface area contributed by atoms with E-state index >= 15 is 0 Å². The molecule has 5 heteroatoms. The van der Waals surface area contributed by atoms with Crippen molar-refractivity contribution in [3.05, 3.63) is 35.4 Å². The molecule has 0 amide bonds. The van der Waals surface area contributed by atoms with E-state index in [9.17, 15) is 13.6 Å². The maximum atomic E-state index is 13.8. The Morgan fingerprint density at radius 2 is 2.16 bits per heavy atom. The molecule has 1 aromatic carbocycles. The van der Waals surface area contributed by atoms with Crippen LogP contribution in [-0.4, -0.2) is 29.1 Å². The first-order chi connectivity index (χ1) is 8.99. The predicted octanol–water partition coefficient (Wildman–Crippen LogP) is 2.82. The number of carboxylic acids is 1. The predicted molar refractivity (Wildman–Crippen MR) is 66.7 cm³/mol. The Morgan fingerprint density at radius 3 is 2.74 bits per heavy atom. The molecule has 1 unspecified atom stereocenters. The highest BCUT2D eigenvalue weighted by atomic mass is 19.2. The summed E-state index contributed by atoms with van der Waals surface area (Å²) in [5.74, 6) is -2.25. The molecule has 0 radical (unpaired) electrons. The summed E-state index contributed by atoms with van der Waals surface area (Å²) in [7, 11) is 0. The second kappa shape index (κ2) is 5.65. The van der Waals surface area contributed by atoms with Crippen LogP contribution in [0.25, 0.3) is 0 Å². The molecule has 0 aliphatic heterocycles. The number of aliphatic carboxylic acids is 1. The summed E-state index contributed by atoms with van der Waals surface area (Å²) in [4.78, 5) is 12.6. The molecule has 2 rings (SSSR count). The number of hydrogen-bond donors (Lipinski definition) is 1. The molecule has 1 aliphatic carbocycles. The summed E-state index contributed by atoms with van der Waals surface area (Å²) in [5.41, 5.74) is 0.210. The Balaban J connectivity index is 2.18. The van der Waals surface area contributed by atoms with E-state index in [1.54, 1.807) is 11.8 Å². The number of benzene rings is 1. The van der Waals surface area contributed by atoms with Gasteiger partial charge in [-0.15, -0.1) is 0 Å². The monoisotopic (exact) mass is 269 g/mol. The lowest BCUT2D eigenvalue weighted by Gasteiger charge is -2.28. The number of halogens is 2. The van der Waals surface area contributed by atoms with Gasteiger partial charge in [0.15, 0.2) is 11.6 Å². The van der Waals surface area contributed by atoms with Crippen molar-refractivity contribution in [3.8, 4) is 0 Å². The van der Waals surface area contributed by atoms with Crippen LogP contribution in [0, 0.1) is 17.6 Å². The summed E-state index contributed by atoms with van der Waals surface area (Å²) < 4.78 is 27.0. The molecule has 1 fully saturated rings. The number of hydrogen-bond acceptors (Lipinski definition) is 2. The fraction of sp³-hybridized carbons (Fsp3) is 0.500. The van der Waals surface area contributed by atoms with Gasteiger partial charge in [-0.1, -0.05) is 12.1 Å². The van der Waals surface area contributed by atoms with Crippen LogP contribution < -0.4 is 0 Å². The number of carboxylic acid groups (broad SMARTS) is 1. The van der Waals surface area contributed by atoms with Crippen LogP contribution in [0.2, 0.25) is 0 Å². The molecular formula is C14H17F2NO2. The highest BCUT2D eigenvalue weighted by molar-refractivity contribution is 5.69. The first-order valence-corrected chi connectivity index (χ1v) is 6.38. The Labute approximate surface area is 110 Å². The maximum absolute atomic E-state index is 13.8. The van der Waals surface area contributed by atoms with Crippen LogP contribution >= 0.6 is 0 Å². The first kappa shape index (κ1) is 13.9. The van der Waals surface area contributed by atoms with Gasteiger partial charge >= 0.3 is 5.97 Å². The van der Waals surface area contributed by atoms with Crippen LogP contribution in [0.1, 0.15) is 31.4 Å². The third kappa shape index (κ3) is 3.50. The van der Waals surface area contributed by atoms with E-state index in [1.807, 2.05) is 0 Å². The smallest absolute Gasteiger partial charge is 0.317 e. The van der Waals surface area contributed by atoms with Gasteiger partial charge in [-0.05, 0) is 31.7 Å². The summed E-state index contributed by atoms with van der Waals surface area (Å²) >= 11 is 0. The molecule has 1 aliphatic rings. The number of nitrogens with zero attached hydrogens (tertiary/aromatic N) is 1. The zero-order valence-corrected chi connectivity index (χ0v) is 10.8. The zero-order chi connectivity index (χ0) is 14.0. The average molecular weight is 269 g/mol. The van der Waals surface area contributed by atoms with E-state index in [1.165, 1.54) is 12.1 Å². The molecule has 104 valence electrons. The average Bonchev–Trinajstić information content (AvgIpc) is 3.14. The lowest BCUT2D eigenvalue weighted by atomic mass is 10.1. The molecule has 0 spiro atoms. The topological polar surface area (TPSA) is 40.5 Å². The van der Waals surface area contributed by atoms with Crippen molar-refractivity contribution in [1.29, 1.82) is 0 Å².